The highest BCUT2D eigenvalue weighted by molar-refractivity contribution is 5.37. The van der Waals surface area contributed by atoms with Gasteiger partial charge in [0.2, 0.25) is 0 Å². The minimum Gasteiger partial charge on any atom is -1.00 e. The number of rotatable bonds is 2. The number of aromatic nitrogens is 1. The molecule has 0 spiro atoms. The van der Waals surface area contributed by atoms with Crippen LogP contribution in [0.1, 0.15) is 40.9 Å². The van der Waals surface area contributed by atoms with Crippen LogP contribution >= 0.6 is 0 Å². The van der Waals surface area contributed by atoms with Gasteiger partial charge < -0.3 is 22.4 Å². The summed E-state index contributed by atoms with van der Waals surface area (Å²) >= 11 is 0. The fraction of sp³-hybridized carbons (Fsp3) is 0.389. The van der Waals surface area contributed by atoms with E-state index in [2.05, 4.69) is 34.9 Å². The SMILES string of the molecule is N=c1c2c(n(Cc3ccccc3)c3c1CCC3)CCC2.[Cl-]. The summed E-state index contributed by atoms with van der Waals surface area (Å²) in [6.07, 6.45) is 6.97. The van der Waals surface area contributed by atoms with Crippen LogP contribution in [0.3, 0.4) is 0 Å². The highest BCUT2D eigenvalue weighted by Crippen LogP contribution is 2.28. The van der Waals surface area contributed by atoms with Gasteiger partial charge in [0.25, 0.3) is 0 Å². The van der Waals surface area contributed by atoms with Crippen LogP contribution in [0.4, 0.5) is 0 Å². The molecule has 0 amide bonds. The van der Waals surface area contributed by atoms with E-state index < -0.39 is 0 Å². The molecule has 1 heterocycles. The minimum absolute atomic E-state index is 0. The number of hydrogen-bond acceptors (Lipinski definition) is 1. The maximum absolute atomic E-state index is 8.47. The predicted octanol–water partition coefficient (Wildman–Crippen LogP) is -0.00273. The van der Waals surface area contributed by atoms with Crippen LogP contribution in [0.25, 0.3) is 0 Å². The van der Waals surface area contributed by atoms with Crippen molar-refractivity contribution < 1.29 is 12.4 Å². The van der Waals surface area contributed by atoms with E-state index in [4.69, 9.17) is 5.41 Å². The van der Waals surface area contributed by atoms with Crippen molar-refractivity contribution in [2.24, 2.45) is 0 Å². The summed E-state index contributed by atoms with van der Waals surface area (Å²) in [6, 6.07) is 10.7. The Hall–Kier alpha value is -1.54. The van der Waals surface area contributed by atoms with Crippen LogP contribution in [0, 0.1) is 5.41 Å². The molecule has 3 heteroatoms. The van der Waals surface area contributed by atoms with Gasteiger partial charge in [-0.05, 0) is 55.2 Å². The number of hydrogen-bond donors (Lipinski definition) is 1. The van der Waals surface area contributed by atoms with E-state index in [1.165, 1.54) is 40.9 Å². The van der Waals surface area contributed by atoms with E-state index in [1.807, 2.05) is 0 Å². The maximum atomic E-state index is 8.47. The first-order chi connectivity index (χ1) is 9.84. The summed E-state index contributed by atoms with van der Waals surface area (Å²) in [5.74, 6) is 0. The van der Waals surface area contributed by atoms with Crippen molar-refractivity contribution in [1.29, 1.82) is 5.41 Å². The molecule has 2 aromatic rings. The molecule has 0 unspecified atom stereocenters. The van der Waals surface area contributed by atoms with Crippen molar-refractivity contribution in [2.75, 3.05) is 0 Å². The number of pyridine rings is 1. The van der Waals surface area contributed by atoms with Gasteiger partial charge in [-0.1, -0.05) is 30.3 Å². The molecule has 2 aliphatic rings. The highest BCUT2D eigenvalue weighted by atomic mass is 35.5. The summed E-state index contributed by atoms with van der Waals surface area (Å²) in [4.78, 5) is 0. The summed E-state index contributed by atoms with van der Waals surface area (Å²) in [5.41, 5.74) is 6.93. The quantitative estimate of drug-likeness (QED) is 0.809. The van der Waals surface area contributed by atoms with Crippen molar-refractivity contribution in [1.82, 2.24) is 4.57 Å². The Kier molecular flexibility index (Phi) is 3.90. The van der Waals surface area contributed by atoms with Crippen molar-refractivity contribution in [3.05, 3.63) is 63.8 Å². The zero-order valence-corrected chi connectivity index (χ0v) is 12.9. The zero-order chi connectivity index (χ0) is 13.5. The van der Waals surface area contributed by atoms with Gasteiger partial charge >= 0.3 is 0 Å². The summed E-state index contributed by atoms with van der Waals surface area (Å²) in [7, 11) is 0. The molecule has 1 N–H and O–H groups in total. The van der Waals surface area contributed by atoms with E-state index >= 15 is 0 Å². The first-order valence-corrected chi connectivity index (χ1v) is 7.69. The third-order valence-corrected chi connectivity index (χ3v) is 4.82. The average molecular weight is 300 g/mol. The van der Waals surface area contributed by atoms with E-state index in [-0.39, 0.29) is 12.4 Å². The van der Waals surface area contributed by atoms with Gasteiger partial charge in [0, 0.05) is 17.9 Å². The van der Waals surface area contributed by atoms with Crippen LogP contribution in [-0.4, -0.2) is 4.57 Å². The second-order valence-corrected chi connectivity index (χ2v) is 6.00. The summed E-state index contributed by atoms with van der Waals surface area (Å²) < 4.78 is 2.54. The Labute approximate surface area is 131 Å². The van der Waals surface area contributed by atoms with Gasteiger partial charge in [-0.3, -0.25) is 0 Å². The van der Waals surface area contributed by atoms with Crippen molar-refractivity contribution in [3.8, 4) is 0 Å². The fourth-order valence-corrected chi connectivity index (χ4v) is 3.89. The predicted molar refractivity (Wildman–Crippen MR) is 79.9 cm³/mol. The Balaban J connectivity index is 0.00000132. The number of nitrogens with one attached hydrogen (secondary N) is 1. The molecule has 0 radical (unpaired) electrons. The Morgan fingerprint density at radius 3 is 2.00 bits per heavy atom. The molecule has 1 aromatic heterocycles. The molecule has 0 bridgehead atoms. The smallest absolute Gasteiger partial charge is 0.0638 e. The Bertz CT molecular complexity index is 678. The molecular weight excluding hydrogens is 280 g/mol. The molecule has 4 rings (SSSR count). The fourth-order valence-electron chi connectivity index (χ4n) is 3.89. The van der Waals surface area contributed by atoms with Crippen LogP contribution in [-0.2, 0) is 32.2 Å². The molecule has 1 aromatic carbocycles. The van der Waals surface area contributed by atoms with Crippen LogP contribution in [0.5, 0.6) is 0 Å². The molecular formula is C18H20ClN2-. The third kappa shape index (κ3) is 2.32. The molecule has 0 saturated heterocycles. The molecule has 21 heavy (non-hydrogen) atoms. The highest BCUT2D eigenvalue weighted by Gasteiger charge is 2.25. The lowest BCUT2D eigenvalue weighted by Gasteiger charge is -2.19. The number of nitrogens with zero attached hydrogens (tertiary/aromatic N) is 1. The number of benzene rings is 1. The molecule has 0 saturated carbocycles. The van der Waals surface area contributed by atoms with Gasteiger partial charge in [-0.2, -0.15) is 0 Å². The lowest BCUT2D eigenvalue weighted by atomic mass is 10.1. The van der Waals surface area contributed by atoms with E-state index in [1.54, 1.807) is 0 Å². The van der Waals surface area contributed by atoms with Gasteiger partial charge in [-0.15, -0.1) is 0 Å². The summed E-state index contributed by atoms with van der Waals surface area (Å²) in [6.45, 7) is 0.978. The van der Waals surface area contributed by atoms with Crippen LogP contribution < -0.4 is 17.8 Å². The van der Waals surface area contributed by atoms with Crippen molar-refractivity contribution in [3.63, 3.8) is 0 Å². The number of halogens is 1. The van der Waals surface area contributed by atoms with Crippen molar-refractivity contribution in [2.45, 2.75) is 45.1 Å². The molecule has 2 nitrogen and oxygen atoms in total. The van der Waals surface area contributed by atoms with E-state index in [0.29, 0.717) is 0 Å². The maximum Gasteiger partial charge on any atom is 0.0638 e. The third-order valence-electron chi connectivity index (χ3n) is 4.82. The first kappa shape index (κ1) is 14.4. The topological polar surface area (TPSA) is 28.8 Å². The van der Waals surface area contributed by atoms with Gasteiger partial charge in [-0.25, -0.2) is 0 Å². The normalized spacial score (nSPS) is 15.4. The second kappa shape index (κ2) is 5.69. The Morgan fingerprint density at radius 1 is 0.857 bits per heavy atom. The second-order valence-electron chi connectivity index (χ2n) is 6.00. The number of fused-ring (bicyclic) bond motifs is 2. The van der Waals surface area contributed by atoms with Crippen LogP contribution in [0.15, 0.2) is 30.3 Å². The minimum atomic E-state index is 0. The monoisotopic (exact) mass is 299 g/mol. The van der Waals surface area contributed by atoms with E-state index in [0.717, 1.165) is 37.6 Å². The van der Waals surface area contributed by atoms with Crippen molar-refractivity contribution >= 4 is 0 Å². The largest absolute Gasteiger partial charge is 1.00 e. The standard InChI is InChI=1S/C18H20N2.ClH/c19-18-14-8-4-10-16(14)20(17-11-5-9-15(17)18)12-13-6-2-1-3-7-13;/h1-3,6-7,19H,4-5,8-12H2;1H/p-1. The Morgan fingerprint density at radius 2 is 1.43 bits per heavy atom. The molecule has 0 fully saturated rings. The van der Waals surface area contributed by atoms with Gasteiger partial charge in [0.05, 0.1) is 5.36 Å². The molecule has 0 atom stereocenters. The van der Waals surface area contributed by atoms with E-state index in [9.17, 15) is 0 Å². The molecule has 0 aliphatic heterocycles. The lowest BCUT2D eigenvalue weighted by Crippen LogP contribution is -3.00. The summed E-state index contributed by atoms with van der Waals surface area (Å²) in [5, 5.41) is 9.34. The van der Waals surface area contributed by atoms with Gasteiger partial charge in [0.1, 0.15) is 0 Å². The van der Waals surface area contributed by atoms with Gasteiger partial charge in [0.15, 0.2) is 0 Å². The zero-order valence-electron chi connectivity index (χ0n) is 12.2. The molecule has 110 valence electrons. The van der Waals surface area contributed by atoms with Crippen LogP contribution in [0.2, 0.25) is 0 Å². The average Bonchev–Trinajstić information content (AvgIpc) is 3.14. The first-order valence-electron chi connectivity index (χ1n) is 7.69. The lowest BCUT2D eigenvalue weighted by molar-refractivity contribution is -0.00000428. The molecule has 2 aliphatic carbocycles.